The van der Waals surface area contributed by atoms with Crippen molar-refractivity contribution in [3.8, 4) is 5.75 Å². The standard InChI is InChI=1S/C40H62BN3O10/c1-37(2,3)51-35(48)42-21-25-15-14-23(16-26(25)22-43-36(49)52-38(4,5)6)17-32(45)44-31(18-24-12-11-13-28(34(46)47)33(24)50-10)41-53-30-20-27-19-29(39(27,7)8)40(30,9)54-41/h11-13,23,25-27,29-31H,14-22H2,1-10H3,(H,42,48)(H,43,49)(H,44,45)(H,46,47)/t23-,25+,26+,27?,29?,30?,31-,40?/m0/s1. The van der Waals surface area contributed by atoms with Crippen molar-refractivity contribution in [2.75, 3.05) is 20.2 Å². The fourth-order valence-corrected chi connectivity index (χ4v) is 9.39. The molecule has 1 saturated heterocycles. The van der Waals surface area contributed by atoms with Crippen molar-refractivity contribution in [3.63, 3.8) is 0 Å². The number of alkyl carbamates (subject to hydrolysis) is 2. The first kappa shape index (κ1) is 41.6. The van der Waals surface area contributed by atoms with Crippen molar-refractivity contribution in [1.82, 2.24) is 16.0 Å². The summed E-state index contributed by atoms with van der Waals surface area (Å²) in [6.07, 6.45) is 3.49. The molecule has 4 saturated carbocycles. The smallest absolute Gasteiger partial charge is 0.482 e. The lowest BCUT2D eigenvalue weighted by atomic mass is 9.43. The molecule has 0 radical (unpaired) electrons. The number of benzene rings is 1. The summed E-state index contributed by atoms with van der Waals surface area (Å²) in [6.45, 7) is 18.3. The van der Waals surface area contributed by atoms with Crippen molar-refractivity contribution in [1.29, 1.82) is 0 Å². The van der Waals surface area contributed by atoms with E-state index in [2.05, 4.69) is 36.7 Å². The predicted octanol–water partition coefficient (Wildman–Crippen LogP) is 6.16. The van der Waals surface area contributed by atoms with E-state index in [-0.39, 0.29) is 59.3 Å². The minimum Gasteiger partial charge on any atom is -0.496 e. The highest BCUT2D eigenvalue weighted by atomic mass is 16.7. The molecule has 0 aromatic heterocycles. The second-order valence-electron chi connectivity index (χ2n) is 18.7. The molecule has 54 heavy (non-hydrogen) atoms. The summed E-state index contributed by atoms with van der Waals surface area (Å²) < 4.78 is 30.0. The monoisotopic (exact) mass is 755 g/mol. The van der Waals surface area contributed by atoms with Gasteiger partial charge in [0, 0.05) is 19.5 Å². The summed E-state index contributed by atoms with van der Waals surface area (Å²) >= 11 is 0. The van der Waals surface area contributed by atoms with Crippen LogP contribution in [0.25, 0.3) is 0 Å². The lowest BCUT2D eigenvalue weighted by molar-refractivity contribution is -0.199. The molecule has 1 aliphatic heterocycles. The van der Waals surface area contributed by atoms with Crippen molar-refractivity contribution >= 4 is 31.2 Å². The molecule has 13 nitrogen and oxygen atoms in total. The molecule has 1 aromatic rings. The number of methoxy groups -OCH3 is 1. The number of aromatic carboxylic acids is 1. The fourth-order valence-electron chi connectivity index (χ4n) is 9.39. The van der Waals surface area contributed by atoms with Gasteiger partial charge >= 0.3 is 25.3 Å². The molecule has 8 atom stereocenters. The van der Waals surface area contributed by atoms with E-state index in [1.807, 2.05) is 26.8 Å². The van der Waals surface area contributed by atoms with Crippen LogP contribution in [0.5, 0.6) is 5.75 Å². The van der Waals surface area contributed by atoms with Crippen molar-refractivity contribution in [2.24, 2.45) is 35.0 Å². The number of carboxylic acid groups (broad SMARTS) is 1. The molecule has 5 fully saturated rings. The minimum absolute atomic E-state index is 0.0114. The van der Waals surface area contributed by atoms with Crippen molar-refractivity contribution in [2.45, 2.75) is 136 Å². The fraction of sp³-hybridized carbons (Fsp3) is 0.750. The third kappa shape index (κ3) is 9.64. The van der Waals surface area contributed by atoms with Crippen LogP contribution in [0.3, 0.4) is 0 Å². The Balaban J connectivity index is 1.30. The van der Waals surface area contributed by atoms with Crippen LogP contribution in [0, 0.1) is 35.0 Å². The van der Waals surface area contributed by atoms with E-state index in [0.29, 0.717) is 36.9 Å². The van der Waals surface area contributed by atoms with Crippen molar-refractivity contribution < 1.29 is 47.8 Å². The number of amides is 3. The number of hydrogen-bond acceptors (Lipinski definition) is 9. The maximum Gasteiger partial charge on any atom is 0.482 e. The number of hydrogen-bond donors (Lipinski definition) is 4. The molecule has 2 bridgehead atoms. The zero-order chi connectivity index (χ0) is 39.8. The van der Waals surface area contributed by atoms with Gasteiger partial charge in [0.2, 0.25) is 5.91 Å². The average molecular weight is 756 g/mol. The molecular weight excluding hydrogens is 693 g/mol. The Bertz CT molecular complexity index is 1560. The second-order valence-corrected chi connectivity index (χ2v) is 18.7. The molecule has 5 aliphatic rings. The zero-order valence-corrected chi connectivity index (χ0v) is 33.8. The van der Waals surface area contributed by atoms with Gasteiger partial charge in [-0.15, -0.1) is 0 Å². The van der Waals surface area contributed by atoms with Gasteiger partial charge in [-0.25, -0.2) is 14.4 Å². The number of carbonyl (C=O) groups is 4. The van der Waals surface area contributed by atoms with Crippen LogP contribution in [0.4, 0.5) is 9.59 Å². The zero-order valence-electron chi connectivity index (χ0n) is 33.8. The number of ether oxygens (including phenoxy) is 3. The van der Waals surface area contributed by atoms with E-state index in [0.717, 1.165) is 25.7 Å². The highest BCUT2D eigenvalue weighted by Crippen LogP contribution is 2.65. The molecule has 3 amide bonds. The minimum atomic E-state index is -1.10. The first-order chi connectivity index (χ1) is 25.1. The molecule has 4 unspecified atom stereocenters. The summed E-state index contributed by atoms with van der Waals surface area (Å²) in [7, 11) is 0.706. The third-order valence-electron chi connectivity index (χ3n) is 12.2. The van der Waals surface area contributed by atoms with Gasteiger partial charge in [-0.2, -0.15) is 0 Å². The van der Waals surface area contributed by atoms with Gasteiger partial charge in [-0.05, 0) is 134 Å². The number of nitrogens with one attached hydrogen (secondary N) is 3. The van der Waals surface area contributed by atoms with Crippen LogP contribution < -0.4 is 20.7 Å². The molecule has 4 aliphatic carbocycles. The Hall–Kier alpha value is -3.52. The van der Waals surface area contributed by atoms with E-state index in [4.69, 9.17) is 23.5 Å². The lowest BCUT2D eigenvalue weighted by Crippen LogP contribution is -2.65. The summed E-state index contributed by atoms with van der Waals surface area (Å²) in [5.41, 5.74) is -0.971. The highest BCUT2D eigenvalue weighted by Gasteiger charge is 2.68. The van der Waals surface area contributed by atoms with E-state index >= 15 is 0 Å². The molecule has 6 rings (SSSR count). The molecule has 1 heterocycles. The van der Waals surface area contributed by atoms with Crippen molar-refractivity contribution in [3.05, 3.63) is 29.3 Å². The van der Waals surface area contributed by atoms with Crippen LogP contribution in [0.2, 0.25) is 0 Å². The third-order valence-corrected chi connectivity index (χ3v) is 12.2. The second kappa shape index (κ2) is 15.9. The van der Waals surface area contributed by atoms with E-state index < -0.39 is 48.0 Å². The lowest BCUT2D eigenvalue weighted by Gasteiger charge is -2.64. The Kier molecular flexibility index (Phi) is 12.3. The average Bonchev–Trinajstić information content (AvgIpc) is 3.42. The SMILES string of the molecule is COc1c(C[C@H](NC(=O)C[C@H]2CC[C@H](CNC(=O)OC(C)(C)C)[C@@H](CNC(=O)OC(C)(C)C)C2)B2OC3CC4CC(C4(C)C)C3(C)O2)cccc1C(=O)O. The first-order valence-electron chi connectivity index (χ1n) is 19.5. The molecule has 1 aromatic carbocycles. The molecule has 14 heteroatoms. The van der Waals surface area contributed by atoms with Crippen LogP contribution in [-0.2, 0) is 30.0 Å². The van der Waals surface area contributed by atoms with Gasteiger partial charge in [-0.1, -0.05) is 26.0 Å². The maximum atomic E-state index is 14.0. The Morgan fingerprint density at radius 1 is 0.926 bits per heavy atom. The van der Waals surface area contributed by atoms with Gasteiger partial charge in [0.1, 0.15) is 22.5 Å². The van der Waals surface area contributed by atoms with Gasteiger partial charge in [0.15, 0.2) is 0 Å². The Morgan fingerprint density at radius 3 is 2.13 bits per heavy atom. The van der Waals surface area contributed by atoms with E-state index in [1.54, 1.807) is 26.8 Å². The molecular formula is C40H62BN3O10. The summed E-state index contributed by atoms with van der Waals surface area (Å²) in [6, 6.07) is 4.98. The molecule has 0 spiro atoms. The quantitative estimate of drug-likeness (QED) is 0.181. The Morgan fingerprint density at radius 2 is 1.56 bits per heavy atom. The van der Waals surface area contributed by atoms with Gasteiger partial charge in [-0.3, -0.25) is 4.79 Å². The maximum absolute atomic E-state index is 14.0. The van der Waals surface area contributed by atoms with Crippen LogP contribution in [0.1, 0.15) is 117 Å². The number of carbonyl (C=O) groups excluding carboxylic acids is 3. The van der Waals surface area contributed by atoms with Crippen LogP contribution in [-0.4, -0.2) is 85.3 Å². The van der Waals surface area contributed by atoms with Gasteiger partial charge < -0.3 is 44.6 Å². The van der Waals surface area contributed by atoms with Gasteiger partial charge in [0.05, 0.1) is 24.8 Å². The number of para-hydroxylation sites is 1. The normalized spacial score (nSPS) is 29.2. The first-order valence-corrected chi connectivity index (χ1v) is 19.5. The Labute approximate surface area is 320 Å². The summed E-state index contributed by atoms with van der Waals surface area (Å²) in [4.78, 5) is 51.2. The summed E-state index contributed by atoms with van der Waals surface area (Å²) in [5, 5.41) is 18.9. The summed E-state index contributed by atoms with van der Waals surface area (Å²) in [5.74, 6) is -0.732. The van der Waals surface area contributed by atoms with E-state index in [9.17, 15) is 24.3 Å². The predicted molar refractivity (Wildman–Crippen MR) is 203 cm³/mol. The van der Waals surface area contributed by atoms with E-state index in [1.165, 1.54) is 13.2 Å². The van der Waals surface area contributed by atoms with Crippen LogP contribution in [0.15, 0.2) is 18.2 Å². The number of rotatable bonds is 12. The topological polar surface area (TPSA) is 171 Å². The van der Waals surface area contributed by atoms with Crippen LogP contribution >= 0.6 is 0 Å². The molecule has 4 N–H and O–H groups in total. The van der Waals surface area contributed by atoms with Gasteiger partial charge in [0.25, 0.3) is 0 Å². The largest absolute Gasteiger partial charge is 0.496 e. The highest BCUT2D eigenvalue weighted by molar-refractivity contribution is 6.48. The number of carboxylic acids is 1. The molecule has 300 valence electrons.